The molecule has 0 spiro atoms. The van der Waals surface area contributed by atoms with Crippen LogP contribution in [0.2, 0.25) is 0 Å². The molecule has 3 aromatic rings. The summed E-state index contributed by atoms with van der Waals surface area (Å²) in [6.45, 7) is 5.78. The van der Waals surface area contributed by atoms with Crippen LogP contribution in [0.4, 0.5) is 0 Å². The number of hydrogen-bond donors (Lipinski definition) is 2. The first kappa shape index (κ1) is 25.3. The molecule has 5 rings (SSSR count). The van der Waals surface area contributed by atoms with E-state index in [9.17, 15) is 14.7 Å². The summed E-state index contributed by atoms with van der Waals surface area (Å²) in [6.07, 6.45) is 3.56. The number of nitrogens with one attached hydrogen (secondary N) is 1. The molecule has 2 unspecified atom stereocenters. The van der Waals surface area contributed by atoms with Crippen LogP contribution >= 0.6 is 0 Å². The number of rotatable bonds is 7. The molecule has 2 N–H and O–H groups in total. The number of likely N-dealkylation sites (tertiary alicyclic amines) is 1. The molecular weight excluding hydrogens is 470 g/mol. The SMILES string of the molecule is CC(C)C1C=C(C(=O)N2CCC(n3c(=O)[nH]c4ccccc43)CC2)OC(OCc2ccc(CO)cc2)C1. The standard InChI is InChI=1S/C29H35N3O5/c1-19(2)22-15-26(37-27(16-22)36-18-21-9-7-20(17-33)8-10-21)28(34)31-13-11-23(12-14-31)32-25-6-4-3-5-24(25)30-29(32)35/h3-10,15,19,22-23,27,33H,11-14,16-18H2,1-2H3,(H,30,35). The Kier molecular flexibility index (Phi) is 7.48. The molecule has 8 heteroatoms. The highest BCUT2D eigenvalue weighted by molar-refractivity contribution is 5.91. The monoisotopic (exact) mass is 505 g/mol. The topological polar surface area (TPSA) is 96.8 Å². The van der Waals surface area contributed by atoms with Gasteiger partial charge in [-0.3, -0.25) is 9.36 Å². The second-order valence-electron chi connectivity index (χ2n) is 10.3. The molecule has 2 atom stereocenters. The summed E-state index contributed by atoms with van der Waals surface area (Å²) >= 11 is 0. The Hall–Kier alpha value is -3.36. The van der Waals surface area contributed by atoms with E-state index in [0.29, 0.717) is 50.6 Å². The third kappa shape index (κ3) is 5.50. The molecule has 37 heavy (non-hydrogen) atoms. The Balaban J connectivity index is 1.23. The molecular formula is C29H35N3O5. The van der Waals surface area contributed by atoms with Crippen LogP contribution in [0.1, 0.15) is 50.3 Å². The van der Waals surface area contributed by atoms with Crippen molar-refractivity contribution in [3.63, 3.8) is 0 Å². The fourth-order valence-electron chi connectivity index (χ4n) is 5.25. The maximum absolute atomic E-state index is 13.5. The molecule has 1 fully saturated rings. The van der Waals surface area contributed by atoms with Crippen molar-refractivity contribution in [2.45, 2.75) is 58.7 Å². The van der Waals surface area contributed by atoms with Crippen LogP contribution in [-0.4, -0.2) is 44.8 Å². The van der Waals surface area contributed by atoms with Gasteiger partial charge in [0, 0.05) is 25.6 Å². The number of aliphatic hydroxyl groups is 1. The van der Waals surface area contributed by atoms with Crippen molar-refractivity contribution in [3.05, 3.63) is 82.0 Å². The van der Waals surface area contributed by atoms with Crippen molar-refractivity contribution in [2.24, 2.45) is 11.8 Å². The first-order chi connectivity index (χ1) is 17.9. The minimum Gasteiger partial charge on any atom is -0.459 e. The summed E-state index contributed by atoms with van der Waals surface area (Å²) in [6, 6.07) is 15.4. The van der Waals surface area contributed by atoms with Gasteiger partial charge in [0.1, 0.15) is 0 Å². The number of fused-ring (bicyclic) bond motifs is 1. The summed E-state index contributed by atoms with van der Waals surface area (Å²) in [5.41, 5.74) is 3.48. The fraction of sp³-hybridized carbons (Fsp3) is 0.448. The van der Waals surface area contributed by atoms with Crippen LogP contribution in [0.25, 0.3) is 11.0 Å². The van der Waals surface area contributed by atoms with Crippen LogP contribution in [0, 0.1) is 11.8 Å². The molecule has 2 aliphatic rings. The summed E-state index contributed by atoms with van der Waals surface area (Å²) in [4.78, 5) is 30.8. The van der Waals surface area contributed by atoms with Crippen LogP contribution in [0.15, 0.2) is 65.2 Å². The maximum atomic E-state index is 13.5. The number of H-pyrrole nitrogens is 1. The van der Waals surface area contributed by atoms with E-state index in [-0.39, 0.29) is 30.2 Å². The number of amides is 1. The Bertz CT molecular complexity index is 1320. The Morgan fingerprint density at radius 2 is 1.81 bits per heavy atom. The lowest BCUT2D eigenvalue weighted by atomic mass is 9.90. The number of aliphatic hydroxyl groups excluding tert-OH is 1. The largest absolute Gasteiger partial charge is 0.459 e. The minimum atomic E-state index is -0.504. The van der Waals surface area contributed by atoms with E-state index in [1.165, 1.54) is 0 Å². The van der Waals surface area contributed by atoms with Crippen LogP contribution in [-0.2, 0) is 27.5 Å². The lowest BCUT2D eigenvalue weighted by molar-refractivity contribution is -0.160. The third-order valence-corrected chi connectivity index (χ3v) is 7.54. The number of hydrogen-bond acceptors (Lipinski definition) is 5. The first-order valence-corrected chi connectivity index (χ1v) is 13.1. The van der Waals surface area contributed by atoms with Gasteiger partial charge < -0.3 is 24.5 Å². The van der Waals surface area contributed by atoms with Gasteiger partial charge in [0.05, 0.1) is 24.2 Å². The van der Waals surface area contributed by atoms with Gasteiger partial charge in [-0.1, -0.05) is 50.2 Å². The minimum absolute atomic E-state index is 0.00890. The number of carbonyl (C=O) groups excluding carboxylic acids is 1. The highest BCUT2D eigenvalue weighted by Gasteiger charge is 2.33. The third-order valence-electron chi connectivity index (χ3n) is 7.54. The van der Waals surface area contributed by atoms with Gasteiger partial charge in [-0.2, -0.15) is 0 Å². The number of imidazole rings is 1. The number of allylic oxidation sites excluding steroid dienone is 1. The van der Waals surface area contributed by atoms with E-state index in [2.05, 4.69) is 18.8 Å². The quantitative estimate of drug-likeness (QED) is 0.504. The van der Waals surface area contributed by atoms with Gasteiger partial charge in [0.2, 0.25) is 6.29 Å². The van der Waals surface area contributed by atoms with Crippen LogP contribution in [0.5, 0.6) is 0 Å². The zero-order valence-corrected chi connectivity index (χ0v) is 21.4. The Morgan fingerprint density at radius 1 is 1.11 bits per heavy atom. The second-order valence-corrected chi connectivity index (χ2v) is 10.3. The van der Waals surface area contributed by atoms with Crippen molar-refractivity contribution in [3.8, 4) is 0 Å². The van der Waals surface area contributed by atoms with E-state index in [1.54, 1.807) is 0 Å². The average Bonchev–Trinajstić information content (AvgIpc) is 3.27. The normalized spacial score (nSPS) is 20.8. The van der Waals surface area contributed by atoms with E-state index in [4.69, 9.17) is 9.47 Å². The molecule has 0 radical (unpaired) electrons. The van der Waals surface area contributed by atoms with Gasteiger partial charge in [0.25, 0.3) is 5.91 Å². The second kappa shape index (κ2) is 10.9. The van der Waals surface area contributed by atoms with Gasteiger partial charge in [-0.05, 0) is 54.0 Å². The zero-order valence-electron chi connectivity index (χ0n) is 21.4. The molecule has 1 amide bonds. The van der Waals surface area contributed by atoms with Crippen molar-refractivity contribution in [2.75, 3.05) is 13.1 Å². The molecule has 0 aliphatic carbocycles. The van der Waals surface area contributed by atoms with E-state index in [1.807, 2.05) is 64.1 Å². The van der Waals surface area contributed by atoms with Crippen LogP contribution in [0.3, 0.4) is 0 Å². The lowest BCUT2D eigenvalue weighted by Crippen LogP contribution is -2.43. The highest BCUT2D eigenvalue weighted by atomic mass is 16.7. The summed E-state index contributed by atoms with van der Waals surface area (Å²) in [5, 5.41) is 9.24. The number of aromatic nitrogens is 2. The molecule has 0 bridgehead atoms. The lowest BCUT2D eigenvalue weighted by Gasteiger charge is -2.36. The van der Waals surface area contributed by atoms with Crippen molar-refractivity contribution in [1.82, 2.24) is 14.5 Å². The van der Waals surface area contributed by atoms with Gasteiger partial charge in [-0.25, -0.2) is 4.79 Å². The molecule has 196 valence electrons. The first-order valence-electron chi connectivity index (χ1n) is 13.1. The summed E-state index contributed by atoms with van der Waals surface area (Å²) < 4.78 is 14.0. The molecule has 2 aromatic carbocycles. The number of ether oxygens (including phenoxy) is 2. The smallest absolute Gasteiger partial charge is 0.326 e. The maximum Gasteiger partial charge on any atom is 0.326 e. The van der Waals surface area contributed by atoms with Gasteiger partial charge in [-0.15, -0.1) is 0 Å². The summed E-state index contributed by atoms with van der Waals surface area (Å²) in [5.74, 6) is 0.766. The molecule has 3 heterocycles. The van der Waals surface area contributed by atoms with E-state index in [0.717, 1.165) is 22.2 Å². The average molecular weight is 506 g/mol. The summed E-state index contributed by atoms with van der Waals surface area (Å²) in [7, 11) is 0. The van der Waals surface area contributed by atoms with E-state index < -0.39 is 6.29 Å². The highest BCUT2D eigenvalue weighted by Crippen LogP contribution is 2.31. The van der Waals surface area contributed by atoms with Gasteiger partial charge >= 0.3 is 5.69 Å². The Morgan fingerprint density at radius 3 is 2.51 bits per heavy atom. The van der Waals surface area contributed by atoms with Crippen molar-refractivity contribution >= 4 is 16.9 Å². The van der Waals surface area contributed by atoms with Crippen molar-refractivity contribution < 1.29 is 19.4 Å². The predicted octanol–water partition coefficient (Wildman–Crippen LogP) is 4.10. The number of piperidine rings is 1. The number of nitrogens with zero attached hydrogens (tertiary/aromatic N) is 2. The molecule has 0 saturated carbocycles. The number of benzene rings is 2. The Labute approximate surface area is 216 Å². The van der Waals surface area contributed by atoms with Crippen molar-refractivity contribution in [1.29, 1.82) is 0 Å². The zero-order chi connectivity index (χ0) is 25.9. The van der Waals surface area contributed by atoms with E-state index >= 15 is 0 Å². The molecule has 1 aromatic heterocycles. The van der Waals surface area contributed by atoms with Crippen LogP contribution < -0.4 is 5.69 Å². The number of carbonyl (C=O) groups is 1. The van der Waals surface area contributed by atoms with Gasteiger partial charge in [0.15, 0.2) is 5.76 Å². The predicted molar refractivity (Wildman–Crippen MR) is 140 cm³/mol. The molecule has 1 saturated heterocycles. The number of aromatic amines is 1. The molecule has 2 aliphatic heterocycles. The number of para-hydroxylation sites is 2. The fourth-order valence-corrected chi connectivity index (χ4v) is 5.25. The molecule has 8 nitrogen and oxygen atoms in total.